The molecule has 4 aromatic rings. The van der Waals surface area contributed by atoms with E-state index in [0.29, 0.717) is 22.8 Å². The number of nitrogens with zero attached hydrogens (tertiary/aromatic N) is 4. The molecule has 230 valence electrons. The van der Waals surface area contributed by atoms with Gasteiger partial charge in [0.05, 0.1) is 10.7 Å². The Morgan fingerprint density at radius 3 is 2.41 bits per heavy atom. The molecule has 1 aliphatic rings. The Hall–Kier alpha value is -4.39. The smallest absolute Gasteiger partial charge is 0.406 e. The second-order valence-electron chi connectivity index (χ2n) is 10.2. The molecular formula is C31H28F5N5O2S. The monoisotopic (exact) mass is 629 g/mol. The molecule has 2 atom stereocenters. The van der Waals surface area contributed by atoms with Crippen LogP contribution in [0.15, 0.2) is 90.2 Å². The predicted molar refractivity (Wildman–Crippen MR) is 159 cm³/mol. The molecule has 0 radical (unpaired) electrons. The fourth-order valence-electron chi connectivity index (χ4n) is 4.68. The molecule has 7 nitrogen and oxygen atoms in total. The van der Waals surface area contributed by atoms with Gasteiger partial charge in [0, 0.05) is 29.6 Å². The lowest BCUT2D eigenvalue weighted by Crippen LogP contribution is -2.34. The lowest BCUT2D eigenvalue weighted by Gasteiger charge is -2.24. The van der Waals surface area contributed by atoms with E-state index in [-0.39, 0.29) is 23.1 Å². The van der Waals surface area contributed by atoms with Gasteiger partial charge in [-0.1, -0.05) is 56.3 Å². The molecule has 1 N–H and O–H groups in total. The maximum Gasteiger partial charge on any atom is 0.573 e. The summed E-state index contributed by atoms with van der Waals surface area (Å²) in [6, 6.07) is 18.8. The van der Waals surface area contributed by atoms with Crippen molar-refractivity contribution in [3.05, 3.63) is 101 Å². The molecule has 1 amide bonds. The van der Waals surface area contributed by atoms with Crippen LogP contribution >= 0.6 is 11.8 Å². The summed E-state index contributed by atoms with van der Waals surface area (Å²) in [5, 5.41) is 7.07. The summed E-state index contributed by atoms with van der Waals surface area (Å²) in [6.45, 7) is 4.87. The summed E-state index contributed by atoms with van der Waals surface area (Å²) in [5.74, 6) is 0.190. The van der Waals surface area contributed by atoms with Gasteiger partial charge in [-0.25, -0.2) is 18.4 Å². The molecule has 1 aliphatic heterocycles. The normalized spacial score (nSPS) is 15.9. The summed E-state index contributed by atoms with van der Waals surface area (Å²) in [5.41, 5.74) is 3.07. The summed E-state index contributed by atoms with van der Waals surface area (Å²) in [4.78, 5) is 18.9. The zero-order valence-corrected chi connectivity index (χ0v) is 24.4. The van der Waals surface area contributed by atoms with Crippen molar-refractivity contribution < 1.29 is 31.5 Å². The van der Waals surface area contributed by atoms with Crippen LogP contribution in [0.5, 0.6) is 5.75 Å². The van der Waals surface area contributed by atoms with Crippen molar-refractivity contribution in [2.24, 2.45) is 0 Å². The Balaban J connectivity index is 1.21. The number of thioether (sulfide) groups is 1. The topological polar surface area (TPSA) is 72.3 Å². The van der Waals surface area contributed by atoms with Gasteiger partial charge >= 0.3 is 6.36 Å². The number of anilines is 1. The van der Waals surface area contributed by atoms with Crippen molar-refractivity contribution >= 4 is 23.4 Å². The summed E-state index contributed by atoms with van der Waals surface area (Å²) in [6.07, 6.45) is -6.53. The van der Waals surface area contributed by atoms with Crippen LogP contribution < -0.4 is 15.0 Å². The Labute approximate surface area is 254 Å². The van der Waals surface area contributed by atoms with Crippen molar-refractivity contribution in [2.75, 3.05) is 17.2 Å². The van der Waals surface area contributed by atoms with Crippen LogP contribution in [-0.4, -0.2) is 45.6 Å². The number of rotatable bonds is 9. The van der Waals surface area contributed by atoms with Crippen LogP contribution in [-0.2, 0) is 4.79 Å². The van der Waals surface area contributed by atoms with E-state index in [0.717, 1.165) is 29.1 Å². The molecule has 5 rings (SSSR count). The highest BCUT2D eigenvalue weighted by atomic mass is 32.2. The quantitative estimate of drug-likeness (QED) is 0.118. The molecule has 0 saturated carbocycles. The number of benzene rings is 3. The van der Waals surface area contributed by atoms with Gasteiger partial charge in [-0.15, -0.1) is 30.0 Å². The van der Waals surface area contributed by atoms with Gasteiger partial charge in [-0.05, 0) is 47.4 Å². The number of nitrogens with one attached hydrogen (secondary N) is 1. The first-order valence-corrected chi connectivity index (χ1v) is 14.6. The minimum Gasteiger partial charge on any atom is -0.406 e. The number of aromatic nitrogens is 3. The highest BCUT2D eigenvalue weighted by Gasteiger charge is 2.31. The van der Waals surface area contributed by atoms with Gasteiger partial charge in [0.2, 0.25) is 12.2 Å². The third kappa shape index (κ3) is 7.39. The van der Waals surface area contributed by atoms with Crippen molar-refractivity contribution in [1.29, 1.82) is 0 Å². The van der Waals surface area contributed by atoms with E-state index >= 15 is 4.39 Å². The molecule has 2 unspecified atom stereocenters. The standard InChI is InChI=1S/C31H28F5N5O2S/c1-19(2)24-5-3-4-6-25(24)40-15-16-44-27(40)17-26(42)38-29(33)28(32)20-7-9-21(10-8-20)30-37-18-41(39-30)22-11-13-23(14-12-22)43-31(34,35)36/h3-14,17-19,28-29H,15-16H2,1-2H3,(H,38,42)/b27-17-. The molecule has 3 aromatic carbocycles. The van der Waals surface area contributed by atoms with Gasteiger partial charge in [0.15, 0.2) is 12.0 Å². The van der Waals surface area contributed by atoms with Gasteiger partial charge in [-0.2, -0.15) is 0 Å². The predicted octanol–water partition coefficient (Wildman–Crippen LogP) is 7.47. The van der Waals surface area contributed by atoms with Gasteiger partial charge in [-0.3, -0.25) is 4.79 Å². The Morgan fingerprint density at radius 1 is 1.02 bits per heavy atom. The highest BCUT2D eigenvalue weighted by Crippen LogP contribution is 2.37. The van der Waals surface area contributed by atoms with E-state index in [1.807, 2.05) is 29.2 Å². The minimum absolute atomic E-state index is 0.0108. The number of carbonyl (C=O) groups is 1. The maximum absolute atomic E-state index is 15.0. The Morgan fingerprint density at radius 2 is 1.73 bits per heavy atom. The minimum atomic E-state index is -4.80. The first-order valence-electron chi connectivity index (χ1n) is 13.7. The molecule has 1 aromatic heterocycles. The molecular weight excluding hydrogens is 601 g/mol. The number of amides is 1. The average Bonchev–Trinajstić information content (AvgIpc) is 3.67. The second-order valence-corrected chi connectivity index (χ2v) is 11.3. The van der Waals surface area contributed by atoms with Crippen molar-refractivity contribution in [3.63, 3.8) is 0 Å². The third-order valence-corrected chi connectivity index (χ3v) is 7.81. The SMILES string of the molecule is CC(C)c1ccccc1N1CCS/C1=C\C(=O)NC(F)C(F)c1ccc(-c2ncn(-c3ccc(OC(F)(F)F)cc3)n2)cc1. The van der Waals surface area contributed by atoms with Crippen LogP contribution in [0, 0.1) is 0 Å². The second kappa shape index (κ2) is 13.1. The molecule has 44 heavy (non-hydrogen) atoms. The molecule has 0 spiro atoms. The molecule has 0 bridgehead atoms. The maximum atomic E-state index is 15.0. The zero-order chi connectivity index (χ0) is 31.4. The van der Waals surface area contributed by atoms with Crippen molar-refractivity contribution in [2.45, 2.75) is 38.6 Å². The number of hydrogen-bond acceptors (Lipinski definition) is 6. The number of ether oxygens (including phenoxy) is 1. The van der Waals surface area contributed by atoms with Crippen molar-refractivity contribution in [1.82, 2.24) is 20.1 Å². The van der Waals surface area contributed by atoms with E-state index < -0.39 is 24.7 Å². The van der Waals surface area contributed by atoms with Crippen LogP contribution in [0.25, 0.3) is 17.1 Å². The molecule has 1 saturated heterocycles. The zero-order valence-electron chi connectivity index (χ0n) is 23.6. The van der Waals surface area contributed by atoms with E-state index in [1.54, 1.807) is 0 Å². The average molecular weight is 630 g/mol. The number of para-hydroxylation sites is 1. The first-order chi connectivity index (χ1) is 21.0. The third-order valence-electron chi connectivity index (χ3n) is 6.79. The fraction of sp³-hybridized carbons (Fsp3) is 0.258. The highest BCUT2D eigenvalue weighted by molar-refractivity contribution is 8.03. The number of carbonyl (C=O) groups excluding carboxylic acids is 1. The van der Waals surface area contributed by atoms with Gasteiger partial charge in [0.25, 0.3) is 0 Å². The van der Waals surface area contributed by atoms with Crippen LogP contribution in [0.1, 0.15) is 37.1 Å². The van der Waals surface area contributed by atoms with E-state index in [4.69, 9.17) is 0 Å². The Bertz CT molecular complexity index is 1620. The van der Waals surface area contributed by atoms with Crippen molar-refractivity contribution in [3.8, 4) is 22.8 Å². The summed E-state index contributed by atoms with van der Waals surface area (Å²) >= 11 is 1.48. The number of alkyl halides is 5. The lowest BCUT2D eigenvalue weighted by molar-refractivity contribution is -0.274. The van der Waals surface area contributed by atoms with Gasteiger partial charge in [0.1, 0.15) is 12.1 Å². The van der Waals surface area contributed by atoms with E-state index in [9.17, 15) is 22.4 Å². The van der Waals surface area contributed by atoms with E-state index in [2.05, 4.69) is 34.0 Å². The first kappa shape index (κ1) is 31.0. The summed E-state index contributed by atoms with van der Waals surface area (Å²) in [7, 11) is 0. The fourth-order valence-corrected chi connectivity index (χ4v) is 5.70. The summed E-state index contributed by atoms with van der Waals surface area (Å²) < 4.78 is 72.3. The van der Waals surface area contributed by atoms with Crippen LogP contribution in [0.4, 0.5) is 27.6 Å². The molecule has 1 fully saturated rings. The Kier molecular flexibility index (Phi) is 9.23. The number of hydrogen-bond donors (Lipinski definition) is 1. The molecule has 0 aliphatic carbocycles. The lowest BCUT2D eigenvalue weighted by atomic mass is 10.0. The van der Waals surface area contributed by atoms with E-state index in [1.165, 1.54) is 65.2 Å². The van der Waals surface area contributed by atoms with Crippen LogP contribution in [0.2, 0.25) is 0 Å². The molecule has 13 heteroatoms. The van der Waals surface area contributed by atoms with Gasteiger partial charge < -0.3 is 15.0 Å². The number of halogens is 5. The van der Waals surface area contributed by atoms with Crippen LogP contribution in [0.3, 0.4) is 0 Å². The molecule has 2 heterocycles. The largest absolute Gasteiger partial charge is 0.573 e.